The molecule has 4 rings (SSSR count). The fourth-order valence-corrected chi connectivity index (χ4v) is 6.93. The molecule has 2 fully saturated rings. The molecule has 12 heteroatoms. The minimum atomic E-state index is -4.07. The van der Waals surface area contributed by atoms with Gasteiger partial charge in [0.1, 0.15) is 16.5 Å². The molecule has 172 valence electrons. The molecule has 0 spiro atoms. The maximum Gasteiger partial charge on any atom is 0.246 e. The first-order valence-corrected chi connectivity index (χ1v) is 12.9. The van der Waals surface area contributed by atoms with Gasteiger partial charge in [0.05, 0.1) is 24.2 Å². The molecule has 2 aliphatic heterocycles. The molecule has 2 aliphatic rings. The predicted octanol–water partition coefficient (Wildman–Crippen LogP) is 1.41. The van der Waals surface area contributed by atoms with Gasteiger partial charge >= 0.3 is 0 Å². The summed E-state index contributed by atoms with van der Waals surface area (Å²) in [6.45, 7) is 0.762. The molecule has 0 saturated carbocycles. The van der Waals surface area contributed by atoms with E-state index in [-0.39, 0.29) is 60.5 Å². The van der Waals surface area contributed by atoms with E-state index in [0.29, 0.717) is 9.99 Å². The number of hydrogen-bond donors (Lipinski definition) is 0. The quantitative estimate of drug-likeness (QED) is 0.633. The van der Waals surface area contributed by atoms with Gasteiger partial charge in [-0.15, -0.1) is 0 Å². The van der Waals surface area contributed by atoms with Gasteiger partial charge in [-0.05, 0) is 30.3 Å². The van der Waals surface area contributed by atoms with Crippen LogP contribution in [0.3, 0.4) is 0 Å². The molecule has 0 unspecified atom stereocenters. The number of methoxy groups -OCH3 is 1. The maximum atomic E-state index is 14.1. The van der Waals surface area contributed by atoms with E-state index < -0.39 is 26.0 Å². The summed E-state index contributed by atoms with van der Waals surface area (Å²) < 4.78 is 72.5. The highest BCUT2D eigenvalue weighted by molar-refractivity contribution is 7.94. The molecule has 0 bridgehead atoms. The second kappa shape index (κ2) is 8.34. The van der Waals surface area contributed by atoms with Crippen LogP contribution in [0.25, 0.3) is 0 Å². The smallest absolute Gasteiger partial charge is 0.246 e. The van der Waals surface area contributed by atoms with Gasteiger partial charge < -0.3 is 9.64 Å². The van der Waals surface area contributed by atoms with E-state index in [4.69, 9.17) is 4.74 Å². The van der Waals surface area contributed by atoms with Crippen molar-refractivity contribution in [3.63, 3.8) is 0 Å². The Balaban J connectivity index is 1.63. The number of piperazine rings is 1. The number of benzene rings is 2. The maximum absolute atomic E-state index is 14.1. The van der Waals surface area contributed by atoms with Gasteiger partial charge in [0.2, 0.25) is 26.0 Å². The normalized spacial score (nSPS) is 19.4. The van der Waals surface area contributed by atoms with Gasteiger partial charge in [-0.2, -0.15) is 4.31 Å². The zero-order chi connectivity index (χ0) is 23.1. The lowest BCUT2D eigenvalue weighted by Gasteiger charge is -2.35. The Kier molecular flexibility index (Phi) is 5.86. The second-order valence-electron chi connectivity index (χ2n) is 7.40. The van der Waals surface area contributed by atoms with E-state index >= 15 is 0 Å². The fraction of sp³-hybridized carbons (Fsp3) is 0.350. The summed E-state index contributed by atoms with van der Waals surface area (Å²) in [5.41, 5.74) is 0.360. The number of anilines is 2. The van der Waals surface area contributed by atoms with Crippen molar-refractivity contribution in [2.75, 3.05) is 48.2 Å². The van der Waals surface area contributed by atoms with Crippen molar-refractivity contribution in [2.45, 2.75) is 11.3 Å². The number of ether oxygens (including phenoxy) is 1. The lowest BCUT2D eigenvalue weighted by atomic mass is 10.2. The van der Waals surface area contributed by atoms with Crippen LogP contribution in [0.1, 0.15) is 6.42 Å². The third-order valence-electron chi connectivity index (χ3n) is 5.51. The molecule has 0 atom stereocenters. The number of para-hydroxylation sites is 1. The van der Waals surface area contributed by atoms with Crippen molar-refractivity contribution in [3.05, 3.63) is 48.3 Å². The van der Waals surface area contributed by atoms with Crippen LogP contribution in [0.2, 0.25) is 0 Å². The third kappa shape index (κ3) is 3.93. The molecular weight excluding hydrogens is 461 g/mol. The van der Waals surface area contributed by atoms with Crippen molar-refractivity contribution in [1.29, 1.82) is 0 Å². The molecule has 0 radical (unpaired) electrons. The first-order chi connectivity index (χ1) is 15.1. The SMILES string of the molecule is COc1ccc(N2C(=O)CCS2(=O)=O)cc1S(=O)(=O)N1CCN(c2ccccc2F)CC1. The van der Waals surface area contributed by atoms with Gasteiger partial charge in [0.15, 0.2) is 0 Å². The van der Waals surface area contributed by atoms with Crippen LogP contribution in [0, 0.1) is 5.82 Å². The molecule has 0 aliphatic carbocycles. The zero-order valence-corrected chi connectivity index (χ0v) is 18.9. The minimum Gasteiger partial charge on any atom is -0.495 e. The van der Waals surface area contributed by atoms with Crippen molar-refractivity contribution in [1.82, 2.24) is 4.31 Å². The molecule has 2 aromatic rings. The standard InChI is InChI=1S/C20H22FN3O6S2/c1-30-18-7-6-15(24-20(25)8-13-31(24,26)27)14-19(18)32(28,29)23-11-9-22(10-12-23)17-5-3-2-4-16(17)21/h2-7,14H,8-13H2,1H3. The van der Waals surface area contributed by atoms with Gasteiger partial charge in [-0.1, -0.05) is 12.1 Å². The first-order valence-electron chi connectivity index (χ1n) is 9.88. The Morgan fingerprint density at radius 3 is 2.31 bits per heavy atom. The monoisotopic (exact) mass is 483 g/mol. The molecule has 0 N–H and O–H groups in total. The summed E-state index contributed by atoms with van der Waals surface area (Å²) in [7, 11) is -6.61. The largest absolute Gasteiger partial charge is 0.495 e. The van der Waals surface area contributed by atoms with E-state index in [9.17, 15) is 26.0 Å². The van der Waals surface area contributed by atoms with E-state index in [1.165, 1.54) is 29.6 Å². The van der Waals surface area contributed by atoms with Crippen molar-refractivity contribution in [3.8, 4) is 5.75 Å². The summed E-state index contributed by atoms with van der Waals surface area (Å²) in [6.07, 6.45) is -0.158. The zero-order valence-electron chi connectivity index (χ0n) is 17.3. The Bertz CT molecular complexity index is 1260. The average Bonchev–Trinajstić information content (AvgIpc) is 3.06. The first kappa shape index (κ1) is 22.5. The van der Waals surface area contributed by atoms with Crippen LogP contribution >= 0.6 is 0 Å². The minimum absolute atomic E-state index is 0.0364. The van der Waals surface area contributed by atoms with Gasteiger partial charge in [0.25, 0.3) is 0 Å². The molecule has 32 heavy (non-hydrogen) atoms. The molecule has 2 aromatic carbocycles. The van der Waals surface area contributed by atoms with Gasteiger partial charge in [-0.25, -0.2) is 25.5 Å². The van der Waals surface area contributed by atoms with Crippen molar-refractivity contribution >= 4 is 37.3 Å². The van der Waals surface area contributed by atoms with Crippen LogP contribution in [0.15, 0.2) is 47.4 Å². The summed E-state index contributed by atoms with van der Waals surface area (Å²) in [5, 5.41) is 0. The van der Waals surface area contributed by atoms with Crippen LogP contribution < -0.4 is 13.9 Å². The molecule has 2 saturated heterocycles. The number of rotatable bonds is 5. The number of nitrogens with zero attached hydrogens (tertiary/aromatic N) is 3. The summed E-state index contributed by atoms with van der Waals surface area (Å²) >= 11 is 0. The van der Waals surface area contributed by atoms with E-state index in [1.54, 1.807) is 23.1 Å². The number of halogens is 1. The third-order valence-corrected chi connectivity index (χ3v) is 9.12. The average molecular weight is 484 g/mol. The molecule has 2 heterocycles. The molecule has 0 aromatic heterocycles. The Morgan fingerprint density at radius 1 is 1.03 bits per heavy atom. The lowest BCUT2D eigenvalue weighted by molar-refractivity contribution is -0.116. The van der Waals surface area contributed by atoms with Gasteiger partial charge in [-0.3, -0.25) is 4.79 Å². The predicted molar refractivity (Wildman–Crippen MR) is 116 cm³/mol. The molecular formula is C20H22FN3O6S2. The second-order valence-corrected chi connectivity index (χ2v) is 11.2. The topological polar surface area (TPSA) is 104 Å². The number of sulfonamides is 2. The Hall–Kier alpha value is -2.70. The molecule has 1 amide bonds. The lowest BCUT2D eigenvalue weighted by Crippen LogP contribution is -2.49. The fourth-order valence-electron chi connectivity index (χ4n) is 3.88. The van der Waals surface area contributed by atoms with Crippen molar-refractivity contribution in [2.24, 2.45) is 0 Å². The van der Waals surface area contributed by atoms with E-state index in [2.05, 4.69) is 0 Å². The highest BCUT2D eigenvalue weighted by atomic mass is 32.2. The van der Waals surface area contributed by atoms with Gasteiger partial charge in [0, 0.05) is 32.6 Å². The summed E-state index contributed by atoms with van der Waals surface area (Å²) in [5.74, 6) is -1.28. The van der Waals surface area contributed by atoms with E-state index in [1.807, 2.05) is 0 Å². The van der Waals surface area contributed by atoms with Crippen LogP contribution in [-0.4, -0.2) is 66.1 Å². The highest BCUT2D eigenvalue weighted by Gasteiger charge is 2.38. The van der Waals surface area contributed by atoms with Crippen LogP contribution in [0.5, 0.6) is 5.75 Å². The van der Waals surface area contributed by atoms with Crippen molar-refractivity contribution < 1.29 is 30.8 Å². The van der Waals surface area contributed by atoms with E-state index in [0.717, 1.165) is 6.07 Å². The number of carbonyl (C=O) groups excluding carboxylic acids is 1. The van der Waals surface area contributed by atoms with Crippen LogP contribution in [-0.2, 0) is 24.8 Å². The Labute approximate surface area is 186 Å². The number of hydrogen-bond acceptors (Lipinski definition) is 7. The summed E-state index contributed by atoms with van der Waals surface area (Å²) in [6, 6.07) is 10.1. The number of amides is 1. The summed E-state index contributed by atoms with van der Waals surface area (Å²) in [4.78, 5) is 13.7. The Morgan fingerprint density at radius 2 is 1.72 bits per heavy atom. The molecule has 9 nitrogen and oxygen atoms in total. The van der Waals surface area contributed by atoms with Crippen LogP contribution in [0.4, 0.5) is 15.8 Å². The highest BCUT2D eigenvalue weighted by Crippen LogP contribution is 2.34. The number of carbonyl (C=O) groups is 1.